The molecule has 0 aliphatic rings. The van der Waals surface area contributed by atoms with Crippen molar-refractivity contribution in [3.05, 3.63) is 23.3 Å². The summed E-state index contributed by atoms with van der Waals surface area (Å²) in [5, 5.41) is 9.69. The van der Waals surface area contributed by atoms with Crippen LogP contribution in [0.4, 0.5) is 10.5 Å². The van der Waals surface area contributed by atoms with Gasteiger partial charge in [-0.05, 0) is 17.0 Å². The van der Waals surface area contributed by atoms with Crippen molar-refractivity contribution in [2.75, 3.05) is 26.6 Å². The van der Waals surface area contributed by atoms with Crippen LogP contribution in [-0.2, 0) is 25.0 Å². The number of benzene rings is 1. The first-order valence-corrected chi connectivity index (χ1v) is 7.95. The van der Waals surface area contributed by atoms with Gasteiger partial charge in [-0.2, -0.15) is 0 Å². The topological polar surface area (TPSA) is 100 Å². The average molecular weight is 355 g/mol. The van der Waals surface area contributed by atoms with Gasteiger partial charge in [0.05, 0.1) is 7.11 Å². The lowest BCUT2D eigenvalue weighted by Gasteiger charge is -2.31. The largest absolute Gasteiger partial charge is 0.508 e. The quantitative estimate of drug-likeness (QED) is 0.460. The number of hydrogen-bond acceptors (Lipinski definition) is 7. The van der Waals surface area contributed by atoms with Crippen molar-refractivity contribution in [3.8, 4) is 5.75 Å². The van der Waals surface area contributed by atoms with E-state index in [-0.39, 0.29) is 12.0 Å². The molecule has 0 aromatic heterocycles. The van der Waals surface area contributed by atoms with Crippen LogP contribution in [-0.4, -0.2) is 38.6 Å². The Morgan fingerprint density at radius 3 is 2.24 bits per heavy atom. The lowest BCUT2D eigenvalue weighted by atomic mass is 9.78. The number of nitrogens with two attached hydrogens (primary N) is 1. The van der Waals surface area contributed by atoms with Crippen molar-refractivity contribution in [1.29, 1.82) is 0 Å². The molecule has 0 bridgehead atoms. The third-order valence-electron chi connectivity index (χ3n) is 3.84. The maximum Gasteiger partial charge on any atom is 0.508 e. The summed E-state index contributed by atoms with van der Waals surface area (Å²) < 4.78 is 19.8. The van der Waals surface area contributed by atoms with Gasteiger partial charge in [0, 0.05) is 29.8 Å². The molecule has 0 saturated heterocycles. The van der Waals surface area contributed by atoms with Gasteiger partial charge in [-0.1, -0.05) is 34.6 Å². The standard InChI is InChI=1S/C18H29NO6/c1-17(2,3)11-8-12(18(4,5)10-24-15(20)22-6)14(9-13(11)19)25-16(21)23-7/h8-9,16,21H,10,19H2,1-7H3. The third-order valence-corrected chi connectivity index (χ3v) is 3.84. The van der Waals surface area contributed by atoms with Gasteiger partial charge in [0.15, 0.2) is 0 Å². The summed E-state index contributed by atoms with van der Waals surface area (Å²) in [7, 11) is 2.57. The summed E-state index contributed by atoms with van der Waals surface area (Å²) in [6, 6.07) is 3.56. The Bertz CT molecular complexity index is 606. The lowest BCUT2D eigenvalue weighted by molar-refractivity contribution is -0.200. The molecule has 1 aromatic rings. The molecule has 25 heavy (non-hydrogen) atoms. The zero-order valence-corrected chi connectivity index (χ0v) is 16.0. The fraction of sp³-hybridized carbons (Fsp3) is 0.611. The second-order valence-electron chi connectivity index (χ2n) is 7.47. The minimum Gasteiger partial charge on any atom is -0.441 e. The molecule has 0 amide bonds. The van der Waals surface area contributed by atoms with E-state index < -0.39 is 18.0 Å². The highest BCUT2D eigenvalue weighted by atomic mass is 16.8. The van der Waals surface area contributed by atoms with Crippen molar-refractivity contribution in [3.63, 3.8) is 0 Å². The molecule has 0 fully saturated rings. The highest BCUT2D eigenvalue weighted by Gasteiger charge is 2.31. The van der Waals surface area contributed by atoms with Gasteiger partial charge in [0.1, 0.15) is 12.4 Å². The van der Waals surface area contributed by atoms with Crippen molar-refractivity contribution < 1.29 is 28.8 Å². The van der Waals surface area contributed by atoms with Gasteiger partial charge < -0.3 is 29.8 Å². The van der Waals surface area contributed by atoms with Crippen LogP contribution in [0.1, 0.15) is 45.7 Å². The first-order valence-electron chi connectivity index (χ1n) is 7.95. The van der Waals surface area contributed by atoms with Crippen LogP contribution in [0.15, 0.2) is 12.1 Å². The highest BCUT2D eigenvalue weighted by Crippen LogP contribution is 2.39. The van der Waals surface area contributed by atoms with Crippen LogP contribution in [0.25, 0.3) is 0 Å². The number of anilines is 1. The fourth-order valence-corrected chi connectivity index (χ4v) is 2.40. The summed E-state index contributed by atoms with van der Waals surface area (Å²) in [5.74, 6) is 0.360. The summed E-state index contributed by atoms with van der Waals surface area (Å²) in [6.45, 7) is 8.55. The Balaban J connectivity index is 3.38. The fourth-order valence-electron chi connectivity index (χ4n) is 2.40. The first-order chi connectivity index (χ1) is 11.4. The van der Waals surface area contributed by atoms with Crippen LogP contribution >= 0.6 is 0 Å². The Morgan fingerprint density at radius 2 is 1.76 bits per heavy atom. The van der Waals surface area contributed by atoms with Crippen molar-refractivity contribution in [1.82, 2.24) is 0 Å². The Kier molecular flexibility index (Phi) is 6.68. The molecule has 0 saturated carbocycles. The maximum atomic E-state index is 11.3. The van der Waals surface area contributed by atoms with Crippen LogP contribution in [0.2, 0.25) is 0 Å². The third kappa shape index (κ3) is 5.51. The van der Waals surface area contributed by atoms with Gasteiger partial charge in [-0.15, -0.1) is 0 Å². The van der Waals surface area contributed by atoms with Crippen LogP contribution in [0.3, 0.4) is 0 Å². The molecule has 1 unspecified atom stereocenters. The molecule has 0 spiro atoms. The second-order valence-corrected chi connectivity index (χ2v) is 7.47. The molecule has 0 heterocycles. The van der Waals surface area contributed by atoms with Crippen LogP contribution in [0.5, 0.6) is 5.75 Å². The minimum absolute atomic E-state index is 0.0621. The normalized spacial score (nSPS) is 13.3. The molecule has 142 valence electrons. The summed E-state index contributed by atoms with van der Waals surface area (Å²) in [5.41, 5.74) is 7.55. The molecule has 7 nitrogen and oxygen atoms in total. The van der Waals surface area contributed by atoms with E-state index in [1.807, 2.05) is 40.7 Å². The van der Waals surface area contributed by atoms with E-state index in [0.717, 1.165) is 11.1 Å². The van der Waals surface area contributed by atoms with E-state index in [1.165, 1.54) is 14.2 Å². The SMILES string of the molecule is COC(=O)OCC(C)(C)c1cc(C(C)(C)C)c(N)cc1OC(O)OC. The highest BCUT2D eigenvalue weighted by molar-refractivity contribution is 5.61. The molecule has 1 atom stereocenters. The van der Waals surface area contributed by atoms with Gasteiger partial charge in [-0.3, -0.25) is 0 Å². The molecule has 0 aliphatic heterocycles. The Morgan fingerprint density at radius 1 is 1.16 bits per heavy atom. The lowest BCUT2D eigenvalue weighted by Crippen LogP contribution is -2.29. The molecule has 3 N–H and O–H groups in total. The minimum atomic E-state index is -1.43. The number of hydrogen-bond donors (Lipinski definition) is 2. The van der Waals surface area contributed by atoms with E-state index in [1.54, 1.807) is 6.07 Å². The zero-order valence-electron chi connectivity index (χ0n) is 16.0. The molecule has 1 aromatic carbocycles. The van der Waals surface area contributed by atoms with Crippen LogP contribution in [0, 0.1) is 0 Å². The molecular weight excluding hydrogens is 326 g/mol. The summed E-state index contributed by atoms with van der Waals surface area (Å²) in [4.78, 5) is 11.3. The van der Waals surface area contributed by atoms with Gasteiger partial charge in [0.25, 0.3) is 0 Å². The smallest absolute Gasteiger partial charge is 0.441 e. The van der Waals surface area contributed by atoms with E-state index in [2.05, 4.69) is 4.74 Å². The Labute approximate surface area is 149 Å². The number of aliphatic hydroxyl groups excluding tert-OH is 1. The number of nitrogen functional groups attached to an aromatic ring is 1. The Hall–Kier alpha value is -1.99. The number of methoxy groups -OCH3 is 2. The van der Waals surface area contributed by atoms with Gasteiger partial charge >= 0.3 is 12.6 Å². The van der Waals surface area contributed by atoms with E-state index in [9.17, 15) is 9.90 Å². The number of carbonyl (C=O) groups excluding carboxylic acids is 1. The van der Waals surface area contributed by atoms with E-state index in [0.29, 0.717) is 11.4 Å². The number of aliphatic hydroxyl groups is 1. The van der Waals surface area contributed by atoms with Gasteiger partial charge in [-0.25, -0.2) is 4.79 Å². The number of ether oxygens (including phenoxy) is 4. The van der Waals surface area contributed by atoms with E-state index >= 15 is 0 Å². The van der Waals surface area contributed by atoms with Crippen molar-refractivity contribution >= 4 is 11.8 Å². The summed E-state index contributed by atoms with van der Waals surface area (Å²) >= 11 is 0. The molecule has 0 radical (unpaired) electrons. The molecular formula is C18H29NO6. The second kappa shape index (κ2) is 7.93. The van der Waals surface area contributed by atoms with Crippen molar-refractivity contribution in [2.45, 2.75) is 51.9 Å². The van der Waals surface area contributed by atoms with Crippen molar-refractivity contribution in [2.24, 2.45) is 0 Å². The predicted octanol–water partition coefficient (Wildman–Crippen LogP) is 2.93. The molecule has 0 aliphatic carbocycles. The number of carbonyl (C=O) groups is 1. The summed E-state index contributed by atoms with van der Waals surface area (Å²) in [6.07, 6.45) is -0.765. The van der Waals surface area contributed by atoms with E-state index in [4.69, 9.17) is 19.9 Å². The predicted molar refractivity (Wildman–Crippen MR) is 94.6 cm³/mol. The number of rotatable bonds is 6. The maximum absolute atomic E-state index is 11.3. The monoisotopic (exact) mass is 355 g/mol. The van der Waals surface area contributed by atoms with Gasteiger partial charge in [0.2, 0.25) is 0 Å². The van der Waals surface area contributed by atoms with Crippen LogP contribution < -0.4 is 10.5 Å². The average Bonchev–Trinajstić information content (AvgIpc) is 2.51. The first kappa shape index (κ1) is 21.1. The molecule has 7 heteroatoms. The molecule has 1 rings (SSSR count). The zero-order chi connectivity index (χ0) is 19.4.